The number of hydrogen-bond acceptors (Lipinski definition) is 15. The number of rotatable bonds is 17. The number of esters is 3. The van der Waals surface area contributed by atoms with E-state index in [-0.39, 0.29) is 51.7 Å². The van der Waals surface area contributed by atoms with Gasteiger partial charge in [-0.15, -0.1) is 0 Å². The summed E-state index contributed by atoms with van der Waals surface area (Å²) in [6.07, 6.45) is 6.13. The molecule has 0 saturated carbocycles. The number of ether oxygens (including phenoxy) is 9. The highest BCUT2D eigenvalue weighted by Crippen LogP contribution is 2.39. The first-order valence-electron chi connectivity index (χ1n) is 14.9. The first-order chi connectivity index (χ1) is 24.5. The fourth-order valence-electron chi connectivity index (χ4n) is 4.29. The summed E-state index contributed by atoms with van der Waals surface area (Å²) in [7, 11) is 8.13. The highest BCUT2D eigenvalue weighted by molar-refractivity contribution is 5.89. The number of hydrogen-bond donors (Lipinski definition) is 3. The molecule has 15 heteroatoms. The number of methoxy groups -OCH3 is 6. The van der Waals surface area contributed by atoms with Crippen LogP contribution in [0.1, 0.15) is 16.7 Å². The van der Waals surface area contributed by atoms with E-state index in [9.17, 15) is 29.7 Å². The van der Waals surface area contributed by atoms with Crippen LogP contribution >= 0.6 is 0 Å². The highest BCUT2D eigenvalue weighted by atomic mass is 16.6. The number of benzene rings is 3. The molecular formula is C36H38O15. The molecule has 0 atom stereocenters. The molecule has 0 saturated heterocycles. The van der Waals surface area contributed by atoms with E-state index in [1.54, 1.807) is 0 Å². The Balaban J connectivity index is 1.74. The van der Waals surface area contributed by atoms with Gasteiger partial charge in [0.1, 0.15) is 13.2 Å². The van der Waals surface area contributed by atoms with E-state index in [1.165, 1.54) is 97.3 Å². The molecule has 272 valence electrons. The Hall–Kier alpha value is -6.51. The van der Waals surface area contributed by atoms with E-state index in [4.69, 9.17) is 42.6 Å². The molecule has 3 rings (SSSR count). The Kier molecular flexibility index (Phi) is 14.4. The van der Waals surface area contributed by atoms with Crippen molar-refractivity contribution in [3.8, 4) is 51.7 Å². The zero-order chi connectivity index (χ0) is 37.5. The molecule has 3 aromatic rings. The zero-order valence-electron chi connectivity index (χ0n) is 28.7. The molecular weight excluding hydrogens is 672 g/mol. The second-order valence-electron chi connectivity index (χ2n) is 10.1. The highest BCUT2D eigenvalue weighted by Gasteiger charge is 2.19. The predicted molar refractivity (Wildman–Crippen MR) is 183 cm³/mol. The maximum absolute atomic E-state index is 12.8. The van der Waals surface area contributed by atoms with Gasteiger partial charge in [-0.25, -0.2) is 14.4 Å². The lowest BCUT2D eigenvalue weighted by atomic mass is 10.1. The molecule has 0 bridgehead atoms. The van der Waals surface area contributed by atoms with Gasteiger partial charge in [-0.1, -0.05) is 0 Å². The van der Waals surface area contributed by atoms with Crippen molar-refractivity contribution in [1.82, 2.24) is 0 Å². The van der Waals surface area contributed by atoms with Gasteiger partial charge in [0, 0.05) is 18.2 Å². The summed E-state index contributed by atoms with van der Waals surface area (Å²) < 4.78 is 46.7. The van der Waals surface area contributed by atoms with Gasteiger partial charge < -0.3 is 58.0 Å². The van der Waals surface area contributed by atoms with Crippen LogP contribution in [0.2, 0.25) is 0 Å². The van der Waals surface area contributed by atoms with Crippen LogP contribution in [0.3, 0.4) is 0 Å². The molecule has 0 unspecified atom stereocenters. The Morgan fingerprint density at radius 3 is 1.00 bits per heavy atom. The van der Waals surface area contributed by atoms with E-state index in [0.717, 1.165) is 18.2 Å². The van der Waals surface area contributed by atoms with Crippen molar-refractivity contribution in [2.24, 2.45) is 0 Å². The Morgan fingerprint density at radius 2 is 0.745 bits per heavy atom. The summed E-state index contributed by atoms with van der Waals surface area (Å²) in [5.74, 6) is -2.51. The average molecular weight is 711 g/mol. The minimum Gasteiger partial charge on any atom is -0.502 e. The minimum atomic E-state index is -1.25. The van der Waals surface area contributed by atoms with Crippen LogP contribution in [0, 0.1) is 0 Å². The normalized spacial score (nSPS) is 11.1. The van der Waals surface area contributed by atoms with Crippen molar-refractivity contribution in [2.75, 3.05) is 55.9 Å². The number of aromatic hydroxyl groups is 3. The quantitative estimate of drug-likeness (QED) is 0.102. The number of phenols is 3. The van der Waals surface area contributed by atoms with Gasteiger partial charge >= 0.3 is 17.9 Å². The molecule has 0 aliphatic carbocycles. The van der Waals surface area contributed by atoms with Crippen LogP contribution in [0.4, 0.5) is 0 Å². The van der Waals surface area contributed by atoms with E-state index in [0.29, 0.717) is 16.7 Å². The second kappa shape index (κ2) is 18.9. The van der Waals surface area contributed by atoms with Gasteiger partial charge in [0.05, 0.1) is 42.7 Å². The van der Waals surface area contributed by atoms with Crippen molar-refractivity contribution < 1.29 is 72.3 Å². The van der Waals surface area contributed by atoms with Crippen LogP contribution in [-0.4, -0.2) is 95.2 Å². The summed E-state index contributed by atoms with van der Waals surface area (Å²) in [6.45, 7) is -1.01. The molecule has 0 heterocycles. The van der Waals surface area contributed by atoms with Crippen molar-refractivity contribution in [3.63, 3.8) is 0 Å². The molecule has 0 fully saturated rings. The zero-order valence-corrected chi connectivity index (χ0v) is 28.7. The molecule has 3 N–H and O–H groups in total. The monoisotopic (exact) mass is 710 g/mol. The van der Waals surface area contributed by atoms with Crippen LogP contribution < -0.4 is 28.4 Å². The maximum atomic E-state index is 12.8. The van der Waals surface area contributed by atoms with Gasteiger partial charge in [-0.05, 0) is 71.3 Å². The first-order valence-corrected chi connectivity index (χ1v) is 14.9. The van der Waals surface area contributed by atoms with E-state index >= 15 is 0 Å². The number of phenolic OH excluding ortho intramolecular Hbond substituents is 3. The standard InChI is InChI=1S/C36H38O15/c1-43-25-13-21(14-26(44-2)34(25)40)7-10-31(37)49-19-24(51-33(39)12-9-23-17-29(47-5)36(42)30(18-23)48-6)20-50-32(38)11-8-22-15-27(45-3)35(41)28(16-22)46-4/h7-18,24,40-42H,19-20H2,1-6H3/b10-7+,11-8+,12-9+. The summed E-state index contributed by atoms with van der Waals surface area (Å²) >= 11 is 0. The third-order valence-corrected chi connectivity index (χ3v) is 6.85. The number of carbonyl (C=O) groups is 3. The van der Waals surface area contributed by atoms with E-state index < -0.39 is 37.2 Å². The molecule has 0 amide bonds. The van der Waals surface area contributed by atoms with Gasteiger partial charge in [-0.3, -0.25) is 0 Å². The second-order valence-corrected chi connectivity index (χ2v) is 10.1. The summed E-state index contributed by atoms with van der Waals surface area (Å²) in [5, 5.41) is 30.4. The minimum absolute atomic E-state index is 0.105. The molecule has 0 aliphatic heterocycles. The number of carbonyl (C=O) groups excluding carboxylic acids is 3. The lowest BCUT2D eigenvalue weighted by Crippen LogP contribution is -2.29. The largest absolute Gasteiger partial charge is 0.502 e. The molecule has 0 aliphatic rings. The van der Waals surface area contributed by atoms with Gasteiger partial charge in [0.15, 0.2) is 40.6 Å². The van der Waals surface area contributed by atoms with Crippen molar-refractivity contribution >= 4 is 36.1 Å². The third-order valence-electron chi connectivity index (χ3n) is 6.85. The van der Waals surface area contributed by atoms with Gasteiger partial charge in [0.25, 0.3) is 0 Å². The Bertz CT molecular complexity index is 1630. The first kappa shape index (κ1) is 38.9. The van der Waals surface area contributed by atoms with E-state index in [1.807, 2.05) is 0 Å². The summed E-state index contributed by atoms with van der Waals surface area (Å²) in [4.78, 5) is 38.0. The molecule has 0 spiro atoms. The van der Waals surface area contributed by atoms with Gasteiger partial charge in [-0.2, -0.15) is 0 Å². The molecule has 0 radical (unpaired) electrons. The fourth-order valence-corrected chi connectivity index (χ4v) is 4.29. The predicted octanol–water partition coefficient (Wildman–Crippen LogP) is 4.29. The Morgan fingerprint density at radius 1 is 0.490 bits per heavy atom. The van der Waals surface area contributed by atoms with Crippen molar-refractivity contribution in [2.45, 2.75) is 6.10 Å². The summed E-state index contributed by atoms with van der Waals surface area (Å²) in [5.41, 5.74) is 1.31. The SMILES string of the molecule is COc1cc(/C=C/C(=O)OCC(COC(=O)/C=C/c2cc(OC)c(O)c(OC)c2)OC(=O)/C=C/c2cc(OC)c(O)c(OC)c2)cc(OC)c1O. The maximum Gasteiger partial charge on any atom is 0.331 e. The topological polar surface area (TPSA) is 195 Å². The van der Waals surface area contributed by atoms with Crippen LogP contribution in [0.5, 0.6) is 51.7 Å². The average Bonchev–Trinajstić information content (AvgIpc) is 3.14. The summed E-state index contributed by atoms with van der Waals surface area (Å²) in [6, 6.07) is 8.79. The third kappa shape index (κ3) is 11.0. The molecule has 51 heavy (non-hydrogen) atoms. The molecule has 3 aromatic carbocycles. The van der Waals surface area contributed by atoms with Crippen LogP contribution in [0.25, 0.3) is 18.2 Å². The molecule has 0 aromatic heterocycles. The molecule has 15 nitrogen and oxygen atoms in total. The van der Waals surface area contributed by atoms with Crippen LogP contribution in [-0.2, 0) is 28.6 Å². The van der Waals surface area contributed by atoms with Crippen molar-refractivity contribution in [1.29, 1.82) is 0 Å². The fraction of sp³-hybridized carbons (Fsp3) is 0.250. The van der Waals surface area contributed by atoms with Gasteiger partial charge in [0.2, 0.25) is 17.2 Å². The lowest BCUT2D eigenvalue weighted by Gasteiger charge is -2.16. The lowest BCUT2D eigenvalue weighted by molar-refractivity contribution is -0.160. The smallest absolute Gasteiger partial charge is 0.331 e. The Labute approximate surface area is 293 Å². The van der Waals surface area contributed by atoms with E-state index in [2.05, 4.69) is 0 Å². The van der Waals surface area contributed by atoms with Crippen molar-refractivity contribution in [3.05, 3.63) is 71.3 Å². The van der Waals surface area contributed by atoms with Crippen LogP contribution in [0.15, 0.2) is 54.6 Å².